The van der Waals surface area contributed by atoms with E-state index in [2.05, 4.69) is 43.2 Å². The van der Waals surface area contributed by atoms with Crippen LogP contribution in [0.3, 0.4) is 0 Å². The van der Waals surface area contributed by atoms with E-state index in [1.165, 1.54) is 39.7 Å². The van der Waals surface area contributed by atoms with E-state index >= 15 is 0 Å². The predicted octanol–water partition coefficient (Wildman–Crippen LogP) is 3.17. The lowest BCUT2D eigenvalue weighted by molar-refractivity contribution is 0.737. The molecular formula is C15H20N2. The molecule has 1 aliphatic rings. The molecule has 17 heavy (non-hydrogen) atoms. The van der Waals surface area contributed by atoms with Gasteiger partial charge in [0.2, 0.25) is 0 Å². The van der Waals surface area contributed by atoms with E-state index in [0.717, 1.165) is 13.1 Å². The molecule has 1 saturated heterocycles. The number of H-pyrrole nitrogens is 1. The lowest BCUT2D eigenvalue weighted by atomic mass is 9.99. The number of aryl methyl sites for hydroxylation is 3. The largest absolute Gasteiger partial charge is 0.358 e. The molecule has 1 unspecified atom stereocenters. The van der Waals surface area contributed by atoms with Crippen molar-refractivity contribution >= 4 is 10.9 Å². The van der Waals surface area contributed by atoms with E-state index < -0.39 is 0 Å². The fourth-order valence-corrected chi connectivity index (χ4v) is 2.97. The molecule has 90 valence electrons. The molecule has 2 nitrogen and oxygen atoms in total. The first kappa shape index (κ1) is 10.8. The molecule has 1 atom stereocenters. The first-order chi connectivity index (χ1) is 8.18. The van der Waals surface area contributed by atoms with Crippen LogP contribution >= 0.6 is 0 Å². The van der Waals surface area contributed by atoms with Crippen molar-refractivity contribution in [3.05, 3.63) is 34.5 Å². The van der Waals surface area contributed by atoms with E-state index in [0.29, 0.717) is 5.92 Å². The highest BCUT2D eigenvalue weighted by Gasteiger charge is 2.21. The van der Waals surface area contributed by atoms with Gasteiger partial charge in [-0.3, -0.25) is 0 Å². The van der Waals surface area contributed by atoms with Crippen LogP contribution in [-0.4, -0.2) is 18.1 Å². The standard InChI is InChI=1S/C15H20N2/c1-9-4-5-13-11(3)14(12-6-7-16-8-12)17-15(13)10(9)2/h4-5,12,16-17H,6-8H2,1-3H3. The van der Waals surface area contributed by atoms with E-state index in [4.69, 9.17) is 0 Å². The maximum absolute atomic E-state index is 3.67. The first-order valence-corrected chi connectivity index (χ1v) is 6.47. The molecule has 2 heterocycles. The first-order valence-electron chi connectivity index (χ1n) is 6.47. The minimum atomic E-state index is 0.669. The van der Waals surface area contributed by atoms with Crippen LogP contribution in [0.4, 0.5) is 0 Å². The number of hydrogen-bond acceptors (Lipinski definition) is 1. The topological polar surface area (TPSA) is 27.8 Å². The van der Waals surface area contributed by atoms with Crippen LogP contribution < -0.4 is 5.32 Å². The molecule has 2 aromatic rings. The smallest absolute Gasteiger partial charge is 0.0491 e. The summed E-state index contributed by atoms with van der Waals surface area (Å²) in [6.07, 6.45) is 1.26. The molecule has 0 radical (unpaired) electrons. The lowest BCUT2D eigenvalue weighted by Crippen LogP contribution is -2.08. The molecule has 2 heteroatoms. The van der Waals surface area contributed by atoms with Crippen LogP contribution in [0.25, 0.3) is 10.9 Å². The minimum absolute atomic E-state index is 0.669. The summed E-state index contributed by atoms with van der Waals surface area (Å²) in [6.45, 7) is 8.91. The average molecular weight is 228 g/mol. The molecule has 0 amide bonds. The number of aromatic nitrogens is 1. The summed E-state index contributed by atoms with van der Waals surface area (Å²) in [5.41, 5.74) is 6.98. The number of aromatic amines is 1. The Labute approximate surface area is 102 Å². The van der Waals surface area contributed by atoms with Crippen molar-refractivity contribution in [3.8, 4) is 0 Å². The average Bonchev–Trinajstić information content (AvgIpc) is 2.92. The van der Waals surface area contributed by atoms with E-state index in [1.54, 1.807) is 0 Å². The molecule has 0 saturated carbocycles. The second-order valence-electron chi connectivity index (χ2n) is 5.28. The van der Waals surface area contributed by atoms with Gasteiger partial charge < -0.3 is 10.3 Å². The van der Waals surface area contributed by atoms with Gasteiger partial charge in [-0.25, -0.2) is 0 Å². The third-order valence-corrected chi connectivity index (χ3v) is 4.27. The minimum Gasteiger partial charge on any atom is -0.358 e. The number of nitrogens with one attached hydrogen (secondary N) is 2. The van der Waals surface area contributed by atoms with Crippen molar-refractivity contribution in [2.24, 2.45) is 0 Å². The van der Waals surface area contributed by atoms with Crippen molar-refractivity contribution in [3.63, 3.8) is 0 Å². The highest BCUT2D eigenvalue weighted by molar-refractivity contribution is 5.88. The maximum atomic E-state index is 3.67. The van der Waals surface area contributed by atoms with Gasteiger partial charge in [-0.05, 0) is 50.4 Å². The molecular weight excluding hydrogens is 208 g/mol. The van der Waals surface area contributed by atoms with Gasteiger partial charge in [0.1, 0.15) is 0 Å². The zero-order valence-electron chi connectivity index (χ0n) is 10.9. The van der Waals surface area contributed by atoms with Crippen LogP contribution in [0, 0.1) is 20.8 Å². The molecule has 1 aromatic carbocycles. The van der Waals surface area contributed by atoms with Crippen molar-refractivity contribution < 1.29 is 0 Å². The van der Waals surface area contributed by atoms with Gasteiger partial charge in [0.15, 0.2) is 0 Å². The Morgan fingerprint density at radius 3 is 2.65 bits per heavy atom. The van der Waals surface area contributed by atoms with Gasteiger partial charge in [-0.2, -0.15) is 0 Å². The summed E-state index contributed by atoms with van der Waals surface area (Å²) in [5, 5.41) is 4.85. The second kappa shape index (κ2) is 3.88. The monoisotopic (exact) mass is 228 g/mol. The van der Waals surface area contributed by atoms with Gasteiger partial charge in [0.05, 0.1) is 0 Å². The van der Waals surface area contributed by atoms with E-state index in [9.17, 15) is 0 Å². The van der Waals surface area contributed by atoms with E-state index in [-0.39, 0.29) is 0 Å². The fraction of sp³-hybridized carbons (Fsp3) is 0.467. The van der Waals surface area contributed by atoms with Gasteiger partial charge in [0, 0.05) is 29.1 Å². The Morgan fingerprint density at radius 2 is 1.94 bits per heavy atom. The van der Waals surface area contributed by atoms with Crippen LogP contribution in [0.15, 0.2) is 12.1 Å². The maximum Gasteiger partial charge on any atom is 0.0491 e. The summed E-state index contributed by atoms with van der Waals surface area (Å²) in [6, 6.07) is 4.49. The van der Waals surface area contributed by atoms with Crippen LogP contribution in [0.1, 0.15) is 34.7 Å². The number of rotatable bonds is 1. The van der Waals surface area contributed by atoms with E-state index in [1.807, 2.05) is 0 Å². The number of hydrogen-bond donors (Lipinski definition) is 2. The quantitative estimate of drug-likeness (QED) is 0.771. The summed E-state index contributed by atoms with van der Waals surface area (Å²) in [4.78, 5) is 3.67. The van der Waals surface area contributed by atoms with Crippen molar-refractivity contribution in [2.45, 2.75) is 33.1 Å². The Kier molecular flexibility index (Phi) is 2.48. The molecule has 1 aromatic heterocycles. The predicted molar refractivity (Wildman–Crippen MR) is 72.7 cm³/mol. The van der Waals surface area contributed by atoms with Crippen LogP contribution in [0.2, 0.25) is 0 Å². The number of benzene rings is 1. The summed E-state index contributed by atoms with van der Waals surface area (Å²) < 4.78 is 0. The molecule has 1 fully saturated rings. The van der Waals surface area contributed by atoms with Gasteiger partial charge in [-0.1, -0.05) is 12.1 Å². The molecule has 3 rings (SSSR count). The SMILES string of the molecule is Cc1ccc2c(C)c(C3CCNC3)[nH]c2c1C. The Morgan fingerprint density at radius 1 is 1.12 bits per heavy atom. The molecule has 0 spiro atoms. The normalized spacial score (nSPS) is 20.3. The van der Waals surface area contributed by atoms with Crippen molar-refractivity contribution in [1.82, 2.24) is 10.3 Å². The summed E-state index contributed by atoms with van der Waals surface area (Å²) in [7, 11) is 0. The molecule has 0 aliphatic carbocycles. The number of fused-ring (bicyclic) bond motifs is 1. The van der Waals surface area contributed by atoms with Gasteiger partial charge >= 0.3 is 0 Å². The third kappa shape index (κ3) is 1.59. The molecule has 2 N–H and O–H groups in total. The lowest BCUT2D eigenvalue weighted by Gasteiger charge is -2.07. The van der Waals surface area contributed by atoms with Gasteiger partial charge in [0.25, 0.3) is 0 Å². The zero-order valence-corrected chi connectivity index (χ0v) is 10.9. The zero-order chi connectivity index (χ0) is 12.0. The highest BCUT2D eigenvalue weighted by atomic mass is 14.9. The van der Waals surface area contributed by atoms with Crippen molar-refractivity contribution in [2.75, 3.05) is 13.1 Å². The Balaban J connectivity index is 2.20. The van der Waals surface area contributed by atoms with Crippen LogP contribution in [-0.2, 0) is 0 Å². The highest BCUT2D eigenvalue weighted by Crippen LogP contribution is 2.32. The third-order valence-electron chi connectivity index (χ3n) is 4.27. The Bertz CT molecular complexity index is 560. The van der Waals surface area contributed by atoms with Crippen molar-refractivity contribution in [1.29, 1.82) is 0 Å². The van der Waals surface area contributed by atoms with Crippen LogP contribution in [0.5, 0.6) is 0 Å². The Hall–Kier alpha value is -1.28. The molecule has 0 bridgehead atoms. The fourth-order valence-electron chi connectivity index (χ4n) is 2.97. The molecule has 1 aliphatic heterocycles. The summed E-state index contributed by atoms with van der Waals surface area (Å²) in [5.74, 6) is 0.669. The summed E-state index contributed by atoms with van der Waals surface area (Å²) >= 11 is 0. The van der Waals surface area contributed by atoms with Gasteiger partial charge in [-0.15, -0.1) is 0 Å². The second-order valence-corrected chi connectivity index (χ2v) is 5.28.